The summed E-state index contributed by atoms with van der Waals surface area (Å²) >= 11 is 0. The van der Waals surface area contributed by atoms with Gasteiger partial charge in [-0.3, -0.25) is 4.99 Å². The molecule has 0 radical (unpaired) electrons. The van der Waals surface area contributed by atoms with Gasteiger partial charge in [-0.2, -0.15) is 0 Å². The van der Waals surface area contributed by atoms with Gasteiger partial charge in [-0.05, 0) is 63.3 Å². The Labute approximate surface area is 170 Å². The normalized spacial score (nSPS) is 26.0. The van der Waals surface area contributed by atoms with E-state index < -0.39 is 0 Å². The van der Waals surface area contributed by atoms with Gasteiger partial charge in [0.1, 0.15) is 0 Å². The number of methoxy groups -OCH3 is 1. The van der Waals surface area contributed by atoms with E-state index in [0.717, 1.165) is 50.6 Å². The molecule has 1 aliphatic heterocycles. The van der Waals surface area contributed by atoms with E-state index in [9.17, 15) is 0 Å². The smallest absolute Gasteiger partial charge is 0.191 e. The molecule has 3 rings (SSSR count). The second-order valence-electron chi connectivity index (χ2n) is 8.05. The van der Waals surface area contributed by atoms with Crippen molar-refractivity contribution in [3.63, 3.8) is 0 Å². The lowest BCUT2D eigenvalue weighted by atomic mass is 9.67. The topological polar surface area (TPSA) is 48.9 Å². The average molecular weight is 464 g/mol. The van der Waals surface area contributed by atoms with Crippen LogP contribution in [0.25, 0.3) is 0 Å². The van der Waals surface area contributed by atoms with Crippen molar-refractivity contribution in [1.82, 2.24) is 15.5 Å². The van der Waals surface area contributed by atoms with E-state index in [1.54, 1.807) is 7.11 Å². The number of rotatable bonds is 9. The van der Waals surface area contributed by atoms with Crippen LogP contribution in [0.1, 0.15) is 51.9 Å². The first-order valence-electron chi connectivity index (χ1n) is 10.00. The molecule has 0 spiro atoms. The van der Waals surface area contributed by atoms with Crippen LogP contribution in [-0.4, -0.2) is 63.3 Å². The number of hydrogen-bond donors (Lipinski definition) is 2. The highest BCUT2D eigenvalue weighted by molar-refractivity contribution is 14.0. The van der Waals surface area contributed by atoms with Crippen molar-refractivity contribution >= 4 is 29.9 Å². The summed E-state index contributed by atoms with van der Waals surface area (Å²) in [5.74, 6) is 1.78. The molecule has 0 aromatic heterocycles. The van der Waals surface area contributed by atoms with E-state index in [-0.39, 0.29) is 24.0 Å². The van der Waals surface area contributed by atoms with E-state index in [2.05, 4.69) is 22.5 Å². The molecule has 2 saturated carbocycles. The van der Waals surface area contributed by atoms with Crippen LogP contribution >= 0.6 is 24.0 Å². The van der Waals surface area contributed by atoms with Crippen molar-refractivity contribution in [2.45, 2.75) is 57.9 Å². The molecular formula is C19H37IN4O. The molecule has 1 saturated heterocycles. The molecule has 1 unspecified atom stereocenters. The molecule has 2 N–H and O–H groups in total. The summed E-state index contributed by atoms with van der Waals surface area (Å²) in [6, 6.07) is 0.913. The van der Waals surface area contributed by atoms with Crippen LogP contribution in [0.4, 0.5) is 0 Å². The molecule has 6 heteroatoms. The predicted octanol–water partition coefficient (Wildman–Crippen LogP) is 2.85. The molecule has 25 heavy (non-hydrogen) atoms. The summed E-state index contributed by atoms with van der Waals surface area (Å²) in [7, 11) is 1.80. The highest BCUT2D eigenvalue weighted by atomic mass is 127. The van der Waals surface area contributed by atoms with Crippen LogP contribution in [0, 0.1) is 11.3 Å². The van der Waals surface area contributed by atoms with Crippen molar-refractivity contribution in [1.29, 1.82) is 0 Å². The standard InChI is InChI=1S/C19H36N4O.HI/c1-3-20-18(22-15-19(8-4-9-19)10-12-24-2)21-13-16-7-11-23(14-16)17-5-6-17;/h16-17H,3-15H2,1-2H3,(H2,20,21,22);1H. The minimum Gasteiger partial charge on any atom is -0.385 e. The van der Waals surface area contributed by atoms with Crippen LogP contribution in [0.2, 0.25) is 0 Å². The zero-order valence-corrected chi connectivity index (χ0v) is 18.4. The molecule has 0 bridgehead atoms. The summed E-state index contributed by atoms with van der Waals surface area (Å²) in [6.45, 7) is 8.49. The van der Waals surface area contributed by atoms with Crippen LogP contribution in [0.3, 0.4) is 0 Å². The number of aliphatic imine (C=N–C) groups is 1. The maximum absolute atomic E-state index is 5.29. The molecular weight excluding hydrogens is 427 g/mol. The highest BCUT2D eigenvalue weighted by Gasteiger charge is 2.36. The second-order valence-corrected chi connectivity index (χ2v) is 8.05. The van der Waals surface area contributed by atoms with Gasteiger partial charge in [-0.25, -0.2) is 0 Å². The Morgan fingerprint density at radius 2 is 2.04 bits per heavy atom. The summed E-state index contributed by atoms with van der Waals surface area (Å²) in [6.07, 6.45) is 9.28. The molecule has 146 valence electrons. The third-order valence-corrected chi connectivity index (χ3v) is 6.11. The van der Waals surface area contributed by atoms with E-state index in [4.69, 9.17) is 9.73 Å². The minimum absolute atomic E-state index is 0. The Bertz CT molecular complexity index is 424. The first-order valence-corrected chi connectivity index (χ1v) is 10.00. The van der Waals surface area contributed by atoms with Crippen molar-refractivity contribution in [3.8, 4) is 0 Å². The lowest BCUT2D eigenvalue weighted by Gasteiger charge is -2.40. The van der Waals surface area contributed by atoms with Crippen molar-refractivity contribution < 1.29 is 4.74 Å². The van der Waals surface area contributed by atoms with Gasteiger partial charge in [0.15, 0.2) is 5.96 Å². The summed E-state index contributed by atoms with van der Waals surface area (Å²) in [4.78, 5) is 7.60. The van der Waals surface area contributed by atoms with E-state index in [1.165, 1.54) is 51.6 Å². The molecule has 0 aromatic rings. The van der Waals surface area contributed by atoms with Crippen LogP contribution in [0.15, 0.2) is 4.99 Å². The van der Waals surface area contributed by atoms with Gasteiger partial charge in [0.2, 0.25) is 0 Å². The van der Waals surface area contributed by atoms with Crippen LogP contribution < -0.4 is 10.6 Å². The van der Waals surface area contributed by atoms with Gasteiger partial charge in [0.05, 0.1) is 0 Å². The van der Waals surface area contributed by atoms with E-state index >= 15 is 0 Å². The number of likely N-dealkylation sites (tertiary alicyclic amines) is 1. The van der Waals surface area contributed by atoms with Gasteiger partial charge in [-0.1, -0.05) is 6.42 Å². The lowest BCUT2D eigenvalue weighted by molar-refractivity contribution is 0.0778. The monoisotopic (exact) mass is 464 g/mol. The van der Waals surface area contributed by atoms with Crippen LogP contribution in [-0.2, 0) is 4.74 Å². The Balaban J connectivity index is 0.00000225. The van der Waals surface area contributed by atoms with Gasteiger partial charge in [0.25, 0.3) is 0 Å². The number of halogens is 1. The number of hydrogen-bond acceptors (Lipinski definition) is 3. The fourth-order valence-corrected chi connectivity index (χ4v) is 4.11. The number of guanidine groups is 1. The number of nitrogens with zero attached hydrogens (tertiary/aromatic N) is 2. The minimum atomic E-state index is 0. The summed E-state index contributed by atoms with van der Waals surface area (Å²) in [5.41, 5.74) is 0.397. The van der Waals surface area contributed by atoms with Crippen molar-refractivity contribution in [2.24, 2.45) is 16.3 Å². The Hall–Kier alpha value is -0.0800. The molecule has 0 aromatic carbocycles. The first kappa shape index (κ1) is 21.2. The number of ether oxygens (including phenoxy) is 1. The lowest BCUT2D eigenvalue weighted by Crippen LogP contribution is -2.42. The van der Waals surface area contributed by atoms with Gasteiger partial charge < -0.3 is 20.3 Å². The third kappa shape index (κ3) is 6.24. The highest BCUT2D eigenvalue weighted by Crippen LogP contribution is 2.44. The maximum Gasteiger partial charge on any atom is 0.191 e. The third-order valence-electron chi connectivity index (χ3n) is 6.11. The molecule has 0 amide bonds. The first-order chi connectivity index (χ1) is 11.7. The van der Waals surface area contributed by atoms with E-state index in [0.29, 0.717) is 5.41 Å². The molecule has 3 fully saturated rings. The summed E-state index contributed by atoms with van der Waals surface area (Å²) < 4.78 is 5.29. The van der Waals surface area contributed by atoms with Crippen LogP contribution in [0.5, 0.6) is 0 Å². The zero-order valence-electron chi connectivity index (χ0n) is 16.1. The quantitative estimate of drug-likeness (QED) is 0.313. The fourth-order valence-electron chi connectivity index (χ4n) is 4.11. The maximum atomic E-state index is 5.29. The molecule has 1 heterocycles. The zero-order chi connectivity index (χ0) is 16.8. The Kier molecular flexibility index (Phi) is 8.75. The van der Waals surface area contributed by atoms with Gasteiger partial charge >= 0.3 is 0 Å². The molecule has 3 aliphatic rings. The number of nitrogens with one attached hydrogen (secondary N) is 2. The van der Waals surface area contributed by atoms with Crippen molar-refractivity contribution in [3.05, 3.63) is 0 Å². The van der Waals surface area contributed by atoms with Crippen molar-refractivity contribution in [2.75, 3.05) is 46.4 Å². The predicted molar refractivity (Wildman–Crippen MR) is 115 cm³/mol. The SMILES string of the molecule is CCNC(=NCC1(CCOC)CCC1)NCC1CCN(C2CC2)C1.I. The summed E-state index contributed by atoms with van der Waals surface area (Å²) in [5, 5.41) is 7.02. The molecule has 2 aliphatic carbocycles. The average Bonchev–Trinajstić information content (AvgIpc) is 3.30. The molecule has 1 atom stereocenters. The van der Waals surface area contributed by atoms with Gasteiger partial charge in [-0.15, -0.1) is 24.0 Å². The molecule has 5 nitrogen and oxygen atoms in total. The fraction of sp³-hybridized carbons (Fsp3) is 0.947. The second kappa shape index (κ2) is 10.3. The van der Waals surface area contributed by atoms with Gasteiger partial charge in [0, 0.05) is 45.9 Å². The Morgan fingerprint density at radius 1 is 1.24 bits per heavy atom. The van der Waals surface area contributed by atoms with E-state index in [1.807, 2.05) is 0 Å². The Morgan fingerprint density at radius 3 is 2.64 bits per heavy atom. The largest absolute Gasteiger partial charge is 0.385 e.